The maximum Gasteiger partial charge on any atom is 0.0190 e. The Morgan fingerprint density at radius 1 is 1.44 bits per heavy atom. The normalized spacial score (nSPS) is 39.0. The molecule has 0 saturated carbocycles. The van der Waals surface area contributed by atoms with Crippen LogP contribution >= 0.6 is 0 Å². The maximum absolute atomic E-state index is 3.42. The maximum atomic E-state index is 3.42. The number of nitrogens with zero attached hydrogens (tertiary/aromatic N) is 1. The van der Waals surface area contributed by atoms with Gasteiger partial charge >= 0.3 is 0 Å². The summed E-state index contributed by atoms with van der Waals surface area (Å²) in [5, 5.41) is 3.42. The molecule has 0 aromatic rings. The van der Waals surface area contributed by atoms with E-state index < -0.39 is 0 Å². The third-order valence-corrected chi connectivity index (χ3v) is 2.08. The van der Waals surface area contributed by atoms with Crippen LogP contribution in [0, 0.1) is 0 Å². The van der Waals surface area contributed by atoms with E-state index in [0.717, 1.165) is 6.54 Å². The van der Waals surface area contributed by atoms with Crippen molar-refractivity contribution in [2.24, 2.45) is 0 Å². The zero-order valence-electron chi connectivity index (χ0n) is 6.52. The lowest BCUT2D eigenvalue weighted by Crippen LogP contribution is -2.52. The SMILES string of the molecule is CC1CN(C)C(C)CN1. The lowest BCUT2D eigenvalue weighted by Gasteiger charge is -2.34. The molecular weight excluding hydrogens is 112 g/mol. The lowest BCUT2D eigenvalue weighted by atomic mass is 10.2. The van der Waals surface area contributed by atoms with Crippen LogP contribution in [0.25, 0.3) is 0 Å². The number of piperazine rings is 1. The minimum atomic E-state index is 0.672. The number of rotatable bonds is 0. The molecule has 1 heterocycles. The molecule has 1 N–H and O–H groups in total. The van der Waals surface area contributed by atoms with Crippen molar-refractivity contribution in [1.29, 1.82) is 0 Å². The van der Waals surface area contributed by atoms with Gasteiger partial charge in [-0.25, -0.2) is 0 Å². The second kappa shape index (κ2) is 2.67. The van der Waals surface area contributed by atoms with Crippen LogP contribution in [0.15, 0.2) is 0 Å². The molecule has 0 bridgehead atoms. The van der Waals surface area contributed by atoms with Gasteiger partial charge in [0.2, 0.25) is 0 Å². The first kappa shape index (κ1) is 7.03. The minimum Gasteiger partial charge on any atom is -0.311 e. The van der Waals surface area contributed by atoms with Crippen LogP contribution in [0.4, 0.5) is 0 Å². The predicted molar refractivity (Wildman–Crippen MR) is 39.6 cm³/mol. The zero-order chi connectivity index (χ0) is 6.85. The summed E-state index contributed by atoms with van der Waals surface area (Å²) in [6.07, 6.45) is 0. The van der Waals surface area contributed by atoms with Gasteiger partial charge in [0.15, 0.2) is 0 Å². The summed E-state index contributed by atoms with van der Waals surface area (Å²) in [5.74, 6) is 0. The summed E-state index contributed by atoms with van der Waals surface area (Å²) in [4.78, 5) is 2.39. The highest BCUT2D eigenvalue weighted by atomic mass is 15.2. The third kappa shape index (κ3) is 1.66. The molecule has 0 aliphatic carbocycles. The molecule has 2 nitrogen and oxygen atoms in total. The number of likely N-dealkylation sites (N-methyl/N-ethyl adjacent to an activating group) is 1. The van der Waals surface area contributed by atoms with Gasteiger partial charge in [-0.3, -0.25) is 0 Å². The van der Waals surface area contributed by atoms with E-state index in [4.69, 9.17) is 0 Å². The Bertz CT molecular complexity index is 92.9. The molecule has 1 rings (SSSR count). The van der Waals surface area contributed by atoms with Crippen molar-refractivity contribution in [2.45, 2.75) is 25.9 Å². The summed E-state index contributed by atoms with van der Waals surface area (Å²) in [6.45, 7) is 6.79. The highest BCUT2D eigenvalue weighted by Crippen LogP contribution is 2.01. The van der Waals surface area contributed by atoms with Crippen molar-refractivity contribution in [3.63, 3.8) is 0 Å². The average Bonchev–Trinajstić information content (AvgIpc) is 1.80. The molecule has 1 saturated heterocycles. The van der Waals surface area contributed by atoms with E-state index in [1.54, 1.807) is 0 Å². The smallest absolute Gasteiger partial charge is 0.0190 e. The van der Waals surface area contributed by atoms with Gasteiger partial charge in [0, 0.05) is 25.2 Å². The summed E-state index contributed by atoms with van der Waals surface area (Å²) in [5.41, 5.74) is 0. The lowest BCUT2D eigenvalue weighted by molar-refractivity contribution is 0.182. The topological polar surface area (TPSA) is 15.3 Å². The van der Waals surface area contributed by atoms with E-state index in [1.165, 1.54) is 6.54 Å². The highest BCUT2D eigenvalue weighted by molar-refractivity contribution is 4.78. The van der Waals surface area contributed by atoms with Crippen LogP contribution < -0.4 is 5.32 Å². The molecule has 2 unspecified atom stereocenters. The van der Waals surface area contributed by atoms with Crippen LogP contribution in [0.2, 0.25) is 0 Å². The number of hydrogen-bond donors (Lipinski definition) is 1. The molecule has 1 aliphatic rings. The fourth-order valence-corrected chi connectivity index (χ4v) is 1.20. The Morgan fingerprint density at radius 2 is 2.11 bits per heavy atom. The molecule has 1 aliphatic heterocycles. The van der Waals surface area contributed by atoms with E-state index in [0.29, 0.717) is 12.1 Å². The second-order valence-electron chi connectivity index (χ2n) is 3.10. The zero-order valence-corrected chi connectivity index (χ0v) is 6.52. The van der Waals surface area contributed by atoms with Gasteiger partial charge in [0.25, 0.3) is 0 Å². The molecule has 9 heavy (non-hydrogen) atoms. The Labute approximate surface area is 57.2 Å². The summed E-state index contributed by atoms with van der Waals surface area (Å²) >= 11 is 0. The van der Waals surface area contributed by atoms with E-state index in [2.05, 4.69) is 31.1 Å². The van der Waals surface area contributed by atoms with Crippen LogP contribution in [0.3, 0.4) is 0 Å². The molecule has 2 atom stereocenters. The first-order valence-corrected chi connectivity index (χ1v) is 3.64. The van der Waals surface area contributed by atoms with Crippen LogP contribution in [0.5, 0.6) is 0 Å². The molecule has 2 heteroatoms. The Morgan fingerprint density at radius 3 is 2.56 bits per heavy atom. The van der Waals surface area contributed by atoms with Crippen molar-refractivity contribution in [1.82, 2.24) is 10.2 Å². The fourth-order valence-electron chi connectivity index (χ4n) is 1.20. The molecule has 0 spiro atoms. The van der Waals surface area contributed by atoms with Crippen molar-refractivity contribution in [3.05, 3.63) is 0 Å². The van der Waals surface area contributed by atoms with E-state index in [-0.39, 0.29) is 0 Å². The van der Waals surface area contributed by atoms with Gasteiger partial charge in [-0.1, -0.05) is 0 Å². The third-order valence-electron chi connectivity index (χ3n) is 2.08. The highest BCUT2D eigenvalue weighted by Gasteiger charge is 2.17. The standard InChI is InChI=1S/C7H16N2/c1-6-5-9(3)7(2)4-8-6/h6-8H,4-5H2,1-3H3. The van der Waals surface area contributed by atoms with E-state index in [9.17, 15) is 0 Å². The Hall–Kier alpha value is -0.0800. The first-order chi connectivity index (χ1) is 4.20. The van der Waals surface area contributed by atoms with Gasteiger partial charge in [-0.2, -0.15) is 0 Å². The average molecular weight is 128 g/mol. The molecule has 0 radical (unpaired) electrons. The van der Waals surface area contributed by atoms with E-state index in [1.807, 2.05) is 0 Å². The summed E-state index contributed by atoms with van der Waals surface area (Å²) < 4.78 is 0. The van der Waals surface area contributed by atoms with Gasteiger partial charge in [-0.05, 0) is 20.9 Å². The van der Waals surface area contributed by atoms with Gasteiger partial charge in [-0.15, -0.1) is 0 Å². The van der Waals surface area contributed by atoms with Gasteiger partial charge in [0.05, 0.1) is 0 Å². The van der Waals surface area contributed by atoms with Crippen LogP contribution in [0.1, 0.15) is 13.8 Å². The van der Waals surface area contributed by atoms with Crippen molar-refractivity contribution >= 4 is 0 Å². The largest absolute Gasteiger partial charge is 0.311 e. The predicted octanol–water partition coefficient (Wildman–Crippen LogP) is 0.298. The number of hydrogen-bond acceptors (Lipinski definition) is 2. The second-order valence-corrected chi connectivity index (χ2v) is 3.10. The van der Waals surface area contributed by atoms with Gasteiger partial charge < -0.3 is 10.2 Å². The molecule has 54 valence electrons. The van der Waals surface area contributed by atoms with Gasteiger partial charge in [0.1, 0.15) is 0 Å². The quantitative estimate of drug-likeness (QED) is 0.504. The van der Waals surface area contributed by atoms with Crippen LogP contribution in [-0.4, -0.2) is 37.1 Å². The molecule has 1 fully saturated rings. The molecule has 0 aromatic carbocycles. The molecule has 0 aromatic heterocycles. The summed E-state index contributed by atoms with van der Waals surface area (Å²) in [6, 6.07) is 1.38. The number of nitrogens with one attached hydrogen (secondary N) is 1. The molecule has 0 amide bonds. The first-order valence-electron chi connectivity index (χ1n) is 3.64. The van der Waals surface area contributed by atoms with Crippen molar-refractivity contribution < 1.29 is 0 Å². The monoisotopic (exact) mass is 128 g/mol. The Kier molecular flexibility index (Phi) is 2.09. The Balaban J connectivity index is 2.35. The van der Waals surface area contributed by atoms with Crippen LogP contribution in [-0.2, 0) is 0 Å². The van der Waals surface area contributed by atoms with Crippen molar-refractivity contribution in [2.75, 3.05) is 20.1 Å². The summed E-state index contributed by atoms with van der Waals surface area (Å²) in [7, 11) is 2.18. The van der Waals surface area contributed by atoms with E-state index >= 15 is 0 Å². The minimum absolute atomic E-state index is 0.672. The fraction of sp³-hybridized carbons (Fsp3) is 1.00. The molecular formula is C7H16N2. The van der Waals surface area contributed by atoms with Crippen molar-refractivity contribution in [3.8, 4) is 0 Å².